The van der Waals surface area contributed by atoms with Crippen LogP contribution in [0.25, 0.3) is 38.8 Å². The van der Waals surface area contributed by atoms with Gasteiger partial charge in [0.2, 0.25) is 0 Å². The number of nitrogens with zero attached hydrogens (tertiary/aromatic N) is 6. The molecule has 0 radical (unpaired) electrons. The standard InChI is InChI=1S/C28H22N6O/c1-28(2,17-30)20-6-9-22(10-7-20)34-26-23-14-18(19-4-8-21(12-13-29)31-15-19)5-11-24(23)32-16-25(26)33(3)27(34)35/h4-11,14-16H,12H2,1-3H3. The molecule has 0 bridgehead atoms. The van der Waals surface area contributed by atoms with Crippen LogP contribution in [0.5, 0.6) is 0 Å². The van der Waals surface area contributed by atoms with Gasteiger partial charge in [0.05, 0.1) is 58.1 Å². The summed E-state index contributed by atoms with van der Waals surface area (Å²) < 4.78 is 3.29. The maximum absolute atomic E-state index is 13.3. The maximum Gasteiger partial charge on any atom is 0.333 e. The van der Waals surface area contributed by atoms with Crippen LogP contribution in [0.4, 0.5) is 0 Å². The largest absolute Gasteiger partial charge is 0.333 e. The molecule has 3 aromatic heterocycles. The lowest BCUT2D eigenvalue weighted by Crippen LogP contribution is -2.21. The number of pyridine rings is 2. The van der Waals surface area contributed by atoms with Crippen molar-refractivity contribution in [2.75, 3.05) is 0 Å². The third-order valence-electron chi connectivity index (χ3n) is 6.43. The first-order chi connectivity index (χ1) is 16.8. The van der Waals surface area contributed by atoms with Gasteiger partial charge in [0, 0.05) is 24.2 Å². The van der Waals surface area contributed by atoms with Gasteiger partial charge in [0.15, 0.2) is 0 Å². The Morgan fingerprint density at radius 2 is 1.69 bits per heavy atom. The molecule has 0 fully saturated rings. The first kappa shape index (κ1) is 22.1. The molecular weight excluding hydrogens is 436 g/mol. The van der Waals surface area contributed by atoms with E-state index in [0.717, 1.165) is 50.0 Å². The molecule has 0 saturated heterocycles. The van der Waals surface area contributed by atoms with Gasteiger partial charge in [-0.3, -0.25) is 19.1 Å². The Kier molecular flexibility index (Phi) is 5.19. The molecule has 7 nitrogen and oxygen atoms in total. The molecule has 0 aliphatic carbocycles. The summed E-state index contributed by atoms with van der Waals surface area (Å²) in [5.41, 5.74) is 5.67. The van der Waals surface area contributed by atoms with E-state index in [1.807, 2.05) is 68.4 Å². The molecule has 0 spiro atoms. The zero-order chi connectivity index (χ0) is 24.7. The van der Waals surface area contributed by atoms with Gasteiger partial charge in [0.25, 0.3) is 0 Å². The normalized spacial score (nSPS) is 11.5. The van der Waals surface area contributed by atoms with Crippen molar-refractivity contribution in [1.82, 2.24) is 19.1 Å². The Morgan fingerprint density at radius 3 is 2.34 bits per heavy atom. The highest BCUT2D eigenvalue weighted by Crippen LogP contribution is 2.30. The number of imidazole rings is 1. The molecule has 0 aliphatic heterocycles. The summed E-state index contributed by atoms with van der Waals surface area (Å²) in [6.07, 6.45) is 3.75. The molecule has 3 heterocycles. The van der Waals surface area contributed by atoms with Crippen LogP contribution >= 0.6 is 0 Å². The van der Waals surface area contributed by atoms with Gasteiger partial charge >= 0.3 is 5.69 Å². The Balaban J connectivity index is 1.72. The zero-order valence-electron chi connectivity index (χ0n) is 19.6. The third kappa shape index (κ3) is 3.64. The van der Waals surface area contributed by atoms with Crippen molar-refractivity contribution in [2.45, 2.75) is 25.7 Å². The van der Waals surface area contributed by atoms with Gasteiger partial charge in [-0.05, 0) is 55.3 Å². The number of aryl methyl sites for hydroxylation is 1. The predicted molar refractivity (Wildman–Crippen MR) is 135 cm³/mol. The minimum Gasteiger partial charge on any atom is -0.293 e. The molecule has 170 valence electrons. The van der Waals surface area contributed by atoms with Crippen molar-refractivity contribution in [1.29, 1.82) is 10.5 Å². The van der Waals surface area contributed by atoms with Crippen LogP contribution < -0.4 is 5.69 Å². The molecule has 0 amide bonds. The van der Waals surface area contributed by atoms with Crippen molar-refractivity contribution in [3.63, 3.8) is 0 Å². The molecule has 7 heteroatoms. The lowest BCUT2D eigenvalue weighted by atomic mass is 9.86. The monoisotopic (exact) mass is 458 g/mol. The topological polar surface area (TPSA) is 100 Å². The fraction of sp³-hybridized carbons (Fsp3) is 0.179. The van der Waals surface area contributed by atoms with Gasteiger partial charge in [0.1, 0.15) is 0 Å². The average Bonchev–Trinajstić information content (AvgIpc) is 3.14. The fourth-order valence-corrected chi connectivity index (χ4v) is 4.29. The molecule has 35 heavy (non-hydrogen) atoms. The van der Waals surface area contributed by atoms with Crippen molar-refractivity contribution >= 4 is 21.9 Å². The Morgan fingerprint density at radius 1 is 0.943 bits per heavy atom. The zero-order valence-corrected chi connectivity index (χ0v) is 19.6. The Hall–Kier alpha value is -4.75. The van der Waals surface area contributed by atoms with Gasteiger partial charge in [-0.25, -0.2) is 4.79 Å². The predicted octanol–water partition coefficient (Wildman–Crippen LogP) is 4.81. The van der Waals surface area contributed by atoms with E-state index in [2.05, 4.69) is 22.1 Å². The van der Waals surface area contributed by atoms with Crippen molar-refractivity contribution in [3.8, 4) is 29.0 Å². The summed E-state index contributed by atoms with van der Waals surface area (Å²) in [6.45, 7) is 3.74. The molecule has 5 aromatic rings. The number of fused-ring (bicyclic) bond motifs is 3. The summed E-state index contributed by atoms with van der Waals surface area (Å²) in [7, 11) is 1.74. The maximum atomic E-state index is 13.3. The number of rotatable bonds is 4. The van der Waals surface area contributed by atoms with Gasteiger partial charge < -0.3 is 0 Å². The van der Waals surface area contributed by atoms with Gasteiger partial charge in [-0.2, -0.15) is 10.5 Å². The Bertz CT molecular complexity index is 1730. The summed E-state index contributed by atoms with van der Waals surface area (Å²) in [5.74, 6) is 0. The van der Waals surface area contributed by atoms with E-state index in [9.17, 15) is 10.1 Å². The minimum atomic E-state index is -0.620. The van der Waals surface area contributed by atoms with Gasteiger partial charge in [-0.15, -0.1) is 0 Å². The average molecular weight is 459 g/mol. The summed E-state index contributed by atoms with van der Waals surface area (Å²) in [5, 5.41) is 19.2. The number of hydrogen-bond donors (Lipinski definition) is 0. The molecule has 0 aliphatic rings. The number of aromatic nitrogens is 4. The minimum absolute atomic E-state index is 0.172. The number of nitriles is 2. The quantitative estimate of drug-likeness (QED) is 0.385. The molecule has 0 saturated carbocycles. The third-order valence-corrected chi connectivity index (χ3v) is 6.43. The van der Waals surface area contributed by atoms with E-state index < -0.39 is 5.41 Å². The molecule has 5 rings (SSSR count). The van der Waals surface area contributed by atoms with Crippen LogP contribution in [-0.4, -0.2) is 19.1 Å². The second-order valence-electron chi connectivity index (χ2n) is 9.06. The van der Waals surface area contributed by atoms with Crippen LogP contribution in [0.3, 0.4) is 0 Å². The second-order valence-corrected chi connectivity index (χ2v) is 9.06. The number of benzene rings is 2. The van der Waals surface area contributed by atoms with Crippen molar-refractivity contribution < 1.29 is 0 Å². The summed E-state index contributed by atoms with van der Waals surface area (Å²) in [6, 6.07) is 21.7. The van der Waals surface area contributed by atoms with Crippen molar-refractivity contribution in [3.05, 3.63) is 88.7 Å². The van der Waals surface area contributed by atoms with Crippen LogP contribution in [0, 0.1) is 22.7 Å². The molecule has 0 N–H and O–H groups in total. The lowest BCUT2D eigenvalue weighted by Gasteiger charge is -2.16. The van der Waals surface area contributed by atoms with Crippen LogP contribution in [0.1, 0.15) is 25.1 Å². The first-order valence-electron chi connectivity index (χ1n) is 11.2. The van der Waals surface area contributed by atoms with E-state index >= 15 is 0 Å². The van der Waals surface area contributed by atoms with Crippen LogP contribution in [0.15, 0.2) is 71.8 Å². The highest BCUT2D eigenvalue weighted by Gasteiger charge is 2.21. The summed E-state index contributed by atoms with van der Waals surface area (Å²) >= 11 is 0. The summed E-state index contributed by atoms with van der Waals surface area (Å²) in [4.78, 5) is 22.3. The van der Waals surface area contributed by atoms with E-state index in [4.69, 9.17) is 5.26 Å². The second kappa shape index (κ2) is 8.23. The van der Waals surface area contributed by atoms with E-state index in [1.54, 1.807) is 28.6 Å². The SMILES string of the molecule is Cn1c(=O)n(-c2ccc(C(C)(C)C#N)cc2)c2c3cc(-c4ccc(CC#N)nc4)ccc3ncc21. The molecule has 2 aromatic carbocycles. The number of hydrogen-bond acceptors (Lipinski definition) is 5. The molecular formula is C28H22N6O. The first-order valence-corrected chi connectivity index (χ1v) is 11.2. The smallest absolute Gasteiger partial charge is 0.293 e. The molecule has 0 atom stereocenters. The van der Waals surface area contributed by atoms with Crippen molar-refractivity contribution in [2.24, 2.45) is 7.05 Å². The lowest BCUT2D eigenvalue weighted by molar-refractivity contribution is 0.686. The highest BCUT2D eigenvalue weighted by atomic mass is 16.1. The Labute approximate surface area is 202 Å². The fourth-order valence-electron chi connectivity index (χ4n) is 4.29. The highest BCUT2D eigenvalue weighted by molar-refractivity contribution is 6.04. The van der Waals surface area contributed by atoms with Crippen LogP contribution in [0.2, 0.25) is 0 Å². The van der Waals surface area contributed by atoms with E-state index in [0.29, 0.717) is 0 Å². The van der Waals surface area contributed by atoms with E-state index in [1.165, 1.54) is 0 Å². The van der Waals surface area contributed by atoms with Crippen LogP contribution in [-0.2, 0) is 18.9 Å². The van der Waals surface area contributed by atoms with E-state index in [-0.39, 0.29) is 12.1 Å². The van der Waals surface area contributed by atoms with Gasteiger partial charge in [-0.1, -0.05) is 24.3 Å². The molecule has 0 unspecified atom stereocenters.